The fourth-order valence-corrected chi connectivity index (χ4v) is 3.18. The molecule has 2 aromatic carbocycles. The monoisotopic (exact) mass is 408 g/mol. The first-order valence-electron chi connectivity index (χ1n) is 9.09. The quantitative estimate of drug-likeness (QED) is 0.374. The van der Waals surface area contributed by atoms with Crippen molar-refractivity contribution in [3.8, 4) is 17.1 Å². The lowest BCUT2D eigenvalue weighted by molar-refractivity contribution is -0.387. The second-order valence-electron chi connectivity index (χ2n) is 6.33. The summed E-state index contributed by atoms with van der Waals surface area (Å²) in [6, 6.07) is 11.5. The number of hydrogen-bond donors (Lipinski definition) is 1. The van der Waals surface area contributed by atoms with Crippen LogP contribution < -0.4 is 10.1 Å². The minimum Gasteiger partial charge on any atom is -0.494 e. The number of nitrogens with zero attached hydrogens (tertiary/aromatic N) is 5. The van der Waals surface area contributed by atoms with E-state index in [-0.39, 0.29) is 17.4 Å². The standard InChI is InChI=1S/C20H17FN6O3/c1-3-26-16-7-5-4-6-12(16)19(25-26)14-8-9-22-20(23-14)24-15-11-17(27(28)29)13(21)10-18(15)30-2/h4-11H,3H2,1-2H3,(H,22,23,24). The molecule has 30 heavy (non-hydrogen) atoms. The van der Waals surface area contributed by atoms with Crippen molar-refractivity contribution in [1.29, 1.82) is 0 Å². The lowest BCUT2D eigenvalue weighted by Crippen LogP contribution is -2.02. The summed E-state index contributed by atoms with van der Waals surface area (Å²) in [5, 5.41) is 19.5. The zero-order valence-electron chi connectivity index (χ0n) is 16.2. The van der Waals surface area contributed by atoms with Gasteiger partial charge < -0.3 is 10.1 Å². The van der Waals surface area contributed by atoms with Crippen molar-refractivity contribution in [3.63, 3.8) is 0 Å². The van der Waals surface area contributed by atoms with Gasteiger partial charge in [0.2, 0.25) is 11.8 Å². The Bertz CT molecular complexity index is 1260. The van der Waals surface area contributed by atoms with Crippen molar-refractivity contribution in [2.45, 2.75) is 13.5 Å². The molecule has 10 heteroatoms. The Kier molecular flexibility index (Phi) is 4.97. The molecule has 0 spiro atoms. The van der Waals surface area contributed by atoms with E-state index in [9.17, 15) is 14.5 Å². The molecular weight excluding hydrogens is 391 g/mol. The van der Waals surface area contributed by atoms with E-state index in [1.54, 1.807) is 12.3 Å². The Balaban J connectivity index is 1.76. The average molecular weight is 408 g/mol. The highest BCUT2D eigenvalue weighted by atomic mass is 19.1. The predicted octanol–water partition coefficient (Wildman–Crippen LogP) is 4.31. The van der Waals surface area contributed by atoms with Crippen LogP contribution in [0, 0.1) is 15.9 Å². The molecule has 0 aliphatic carbocycles. The molecule has 0 unspecified atom stereocenters. The van der Waals surface area contributed by atoms with E-state index in [0.29, 0.717) is 17.9 Å². The van der Waals surface area contributed by atoms with Crippen LogP contribution in [0.5, 0.6) is 5.75 Å². The van der Waals surface area contributed by atoms with Crippen LogP contribution in [0.2, 0.25) is 0 Å². The molecular formula is C20H17FN6O3. The first-order chi connectivity index (χ1) is 14.5. The largest absolute Gasteiger partial charge is 0.494 e. The van der Waals surface area contributed by atoms with Gasteiger partial charge in [0.25, 0.3) is 0 Å². The number of benzene rings is 2. The van der Waals surface area contributed by atoms with Crippen LogP contribution in [-0.2, 0) is 6.54 Å². The van der Waals surface area contributed by atoms with Crippen LogP contribution in [-0.4, -0.2) is 31.8 Å². The number of halogens is 1. The third kappa shape index (κ3) is 3.39. The molecule has 2 aromatic heterocycles. The van der Waals surface area contributed by atoms with E-state index in [1.807, 2.05) is 35.9 Å². The van der Waals surface area contributed by atoms with Crippen molar-refractivity contribution in [2.75, 3.05) is 12.4 Å². The molecule has 0 radical (unpaired) electrons. The number of nitrogens with one attached hydrogen (secondary N) is 1. The maximum absolute atomic E-state index is 13.9. The Morgan fingerprint density at radius 1 is 1.27 bits per heavy atom. The number of hydrogen-bond acceptors (Lipinski definition) is 7. The van der Waals surface area contributed by atoms with Crippen LogP contribution in [0.4, 0.5) is 21.7 Å². The summed E-state index contributed by atoms with van der Waals surface area (Å²) < 4.78 is 20.9. The first kappa shape index (κ1) is 19.2. The number of fused-ring (bicyclic) bond motifs is 1. The zero-order valence-corrected chi connectivity index (χ0v) is 16.2. The smallest absolute Gasteiger partial charge is 0.307 e. The number of nitro benzene ring substituents is 1. The van der Waals surface area contributed by atoms with Gasteiger partial charge in [0, 0.05) is 30.3 Å². The number of nitro groups is 1. The summed E-state index contributed by atoms with van der Waals surface area (Å²) in [6.45, 7) is 2.71. The lowest BCUT2D eigenvalue weighted by Gasteiger charge is -2.10. The summed E-state index contributed by atoms with van der Waals surface area (Å²) in [7, 11) is 1.34. The number of methoxy groups -OCH3 is 1. The van der Waals surface area contributed by atoms with Gasteiger partial charge in [-0.05, 0) is 19.1 Å². The fraction of sp³-hybridized carbons (Fsp3) is 0.150. The maximum atomic E-state index is 13.9. The number of aryl methyl sites for hydroxylation is 1. The molecule has 2 heterocycles. The highest BCUT2D eigenvalue weighted by Gasteiger charge is 2.20. The van der Waals surface area contributed by atoms with Crippen LogP contribution in [0.25, 0.3) is 22.3 Å². The molecule has 9 nitrogen and oxygen atoms in total. The van der Waals surface area contributed by atoms with Gasteiger partial charge in [-0.1, -0.05) is 18.2 Å². The van der Waals surface area contributed by atoms with E-state index in [2.05, 4.69) is 20.4 Å². The van der Waals surface area contributed by atoms with Gasteiger partial charge in [-0.3, -0.25) is 14.8 Å². The molecule has 1 N–H and O–H groups in total. The van der Waals surface area contributed by atoms with E-state index in [0.717, 1.165) is 23.0 Å². The van der Waals surface area contributed by atoms with E-state index in [1.165, 1.54) is 7.11 Å². The minimum atomic E-state index is -0.992. The molecule has 0 saturated carbocycles. The summed E-state index contributed by atoms with van der Waals surface area (Å²) in [5.41, 5.74) is 1.74. The van der Waals surface area contributed by atoms with Gasteiger partial charge in [0.15, 0.2) is 0 Å². The van der Waals surface area contributed by atoms with E-state index >= 15 is 0 Å². The predicted molar refractivity (Wildman–Crippen MR) is 109 cm³/mol. The van der Waals surface area contributed by atoms with E-state index in [4.69, 9.17) is 4.74 Å². The minimum absolute atomic E-state index is 0.0906. The summed E-state index contributed by atoms with van der Waals surface area (Å²) in [5.74, 6) is -0.733. The van der Waals surface area contributed by atoms with Crippen molar-refractivity contribution < 1.29 is 14.1 Å². The summed E-state index contributed by atoms with van der Waals surface area (Å²) in [4.78, 5) is 18.9. The van der Waals surface area contributed by atoms with Gasteiger partial charge in [-0.2, -0.15) is 9.49 Å². The van der Waals surface area contributed by atoms with Crippen molar-refractivity contribution in [1.82, 2.24) is 19.7 Å². The molecule has 4 rings (SSSR count). The molecule has 0 atom stereocenters. The molecule has 0 aliphatic heterocycles. The molecule has 0 bridgehead atoms. The molecule has 0 fully saturated rings. The van der Waals surface area contributed by atoms with Crippen molar-refractivity contribution in [2.24, 2.45) is 0 Å². The molecule has 0 saturated heterocycles. The summed E-state index contributed by atoms with van der Waals surface area (Å²) >= 11 is 0. The Hall–Kier alpha value is -4.08. The van der Waals surface area contributed by atoms with Crippen LogP contribution in [0.15, 0.2) is 48.7 Å². The van der Waals surface area contributed by atoms with E-state index < -0.39 is 16.4 Å². The van der Waals surface area contributed by atoms with Gasteiger partial charge >= 0.3 is 5.69 Å². The molecule has 152 valence electrons. The normalized spacial score (nSPS) is 10.9. The number of ether oxygens (including phenoxy) is 1. The van der Waals surface area contributed by atoms with Crippen molar-refractivity contribution in [3.05, 3.63) is 64.6 Å². The highest BCUT2D eigenvalue weighted by Crippen LogP contribution is 2.34. The van der Waals surface area contributed by atoms with Crippen molar-refractivity contribution >= 4 is 28.2 Å². The topological polar surface area (TPSA) is 108 Å². The number of anilines is 2. The summed E-state index contributed by atoms with van der Waals surface area (Å²) in [6.07, 6.45) is 1.55. The second-order valence-corrected chi connectivity index (χ2v) is 6.33. The van der Waals surface area contributed by atoms with Crippen LogP contribution in [0.1, 0.15) is 6.92 Å². The molecule has 4 aromatic rings. The number of aromatic nitrogens is 4. The second kappa shape index (κ2) is 7.74. The Morgan fingerprint density at radius 3 is 2.80 bits per heavy atom. The van der Waals surface area contributed by atoms with Gasteiger partial charge in [-0.15, -0.1) is 0 Å². The first-order valence-corrected chi connectivity index (χ1v) is 9.09. The number of para-hydroxylation sites is 1. The highest BCUT2D eigenvalue weighted by molar-refractivity contribution is 5.92. The third-order valence-electron chi connectivity index (χ3n) is 4.57. The van der Waals surface area contributed by atoms with Gasteiger partial charge in [0.1, 0.15) is 11.4 Å². The van der Waals surface area contributed by atoms with Gasteiger partial charge in [-0.25, -0.2) is 9.97 Å². The van der Waals surface area contributed by atoms with Gasteiger partial charge in [0.05, 0.1) is 28.9 Å². The Morgan fingerprint density at radius 2 is 2.07 bits per heavy atom. The molecule has 0 aliphatic rings. The van der Waals surface area contributed by atoms with Crippen LogP contribution >= 0.6 is 0 Å². The van der Waals surface area contributed by atoms with Crippen LogP contribution in [0.3, 0.4) is 0 Å². The average Bonchev–Trinajstić information content (AvgIpc) is 3.13. The SMILES string of the molecule is CCn1nc(-c2ccnc(Nc3cc([N+](=O)[O-])c(F)cc3OC)n2)c2ccccc21. The Labute approximate surface area is 170 Å². The lowest BCUT2D eigenvalue weighted by atomic mass is 10.1. The third-order valence-corrected chi connectivity index (χ3v) is 4.57. The number of rotatable bonds is 6. The maximum Gasteiger partial charge on any atom is 0.307 e. The fourth-order valence-electron chi connectivity index (χ4n) is 3.18. The zero-order chi connectivity index (χ0) is 21.3. The molecule has 0 amide bonds.